The predicted molar refractivity (Wildman–Crippen MR) is 115 cm³/mol. The second kappa shape index (κ2) is 10.5. The Morgan fingerprint density at radius 3 is 2.50 bits per heavy atom. The van der Waals surface area contributed by atoms with E-state index in [-0.39, 0.29) is 24.2 Å². The van der Waals surface area contributed by atoms with E-state index < -0.39 is 0 Å². The molecule has 30 heavy (non-hydrogen) atoms. The number of nitrogens with one attached hydrogen (secondary N) is 2. The highest BCUT2D eigenvalue weighted by Crippen LogP contribution is 2.25. The predicted octanol–water partition coefficient (Wildman–Crippen LogP) is 4.35. The Morgan fingerprint density at radius 1 is 1.03 bits per heavy atom. The van der Waals surface area contributed by atoms with Gasteiger partial charge in [-0.2, -0.15) is 0 Å². The first kappa shape index (κ1) is 21.5. The van der Waals surface area contributed by atoms with Gasteiger partial charge in [-0.05, 0) is 48.0 Å². The van der Waals surface area contributed by atoms with E-state index in [0.29, 0.717) is 27.7 Å². The maximum absolute atomic E-state index is 13.1. The van der Waals surface area contributed by atoms with Gasteiger partial charge in [0.2, 0.25) is 5.91 Å². The molecule has 2 N–H and O–H groups in total. The largest absolute Gasteiger partial charge is 0.375 e. The van der Waals surface area contributed by atoms with E-state index in [1.54, 1.807) is 54.7 Å². The summed E-state index contributed by atoms with van der Waals surface area (Å²) in [6.07, 6.45) is 1.62. The van der Waals surface area contributed by atoms with Crippen molar-refractivity contribution in [3.8, 4) is 0 Å². The van der Waals surface area contributed by atoms with E-state index in [1.165, 1.54) is 31.0 Å². The lowest BCUT2D eigenvalue weighted by Gasteiger charge is -2.11. The molecule has 6 nitrogen and oxygen atoms in total. The molecule has 0 saturated carbocycles. The molecule has 3 aromatic rings. The van der Waals surface area contributed by atoms with Gasteiger partial charge in [0.05, 0.1) is 5.56 Å². The minimum atomic E-state index is -0.315. The summed E-state index contributed by atoms with van der Waals surface area (Å²) in [5, 5.41) is 6.09. The van der Waals surface area contributed by atoms with E-state index in [2.05, 4.69) is 15.6 Å². The van der Waals surface area contributed by atoms with Crippen LogP contribution in [0.2, 0.25) is 0 Å². The normalized spacial score (nSPS) is 10.5. The molecular formula is C22H20FN3O3S. The fraction of sp³-hybridized carbons (Fsp3) is 0.136. The molecule has 2 amide bonds. The van der Waals surface area contributed by atoms with Crippen LogP contribution in [0.1, 0.15) is 15.9 Å². The molecule has 1 heterocycles. The molecule has 0 radical (unpaired) electrons. The van der Waals surface area contributed by atoms with E-state index >= 15 is 0 Å². The van der Waals surface area contributed by atoms with Crippen molar-refractivity contribution in [2.24, 2.45) is 0 Å². The van der Waals surface area contributed by atoms with Gasteiger partial charge in [0, 0.05) is 30.4 Å². The van der Waals surface area contributed by atoms with Crippen LogP contribution in [0.3, 0.4) is 0 Å². The number of ether oxygens (including phenoxy) is 1. The lowest BCUT2D eigenvalue weighted by atomic mass is 10.2. The summed E-state index contributed by atoms with van der Waals surface area (Å²) in [5.41, 5.74) is 2.44. The lowest BCUT2D eigenvalue weighted by molar-refractivity contribution is -0.119. The molecule has 0 aliphatic carbocycles. The Labute approximate surface area is 177 Å². The lowest BCUT2D eigenvalue weighted by Crippen LogP contribution is -2.17. The summed E-state index contributed by atoms with van der Waals surface area (Å²) < 4.78 is 17.9. The number of carbonyl (C=O) groups is 2. The number of amides is 2. The Bertz CT molecular complexity index is 1030. The number of aromatic nitrogens is 1. The molecule has 0 unspecified atom stereocenters. The SMILES string of the molecule is COCC(=O)Nc1cccc(NC(=O)c2cccnc2SCc2ccc(F)cc2)c1. The average molecular weight is 425 g/mol. The number of benzene rings is 2. The van der Waals surface area contributed by atoms with Crippen molar-refractivity contribution in [1.29, 1.82) is 0 Å². The van der Waals surface area contributed by atoms with Crippen LogP contribution in [0, 0.1) is 5.82 Å². The molecule has 0 aliphatic heterocycles. The third kappa shape index (κ3) is 6.13. The van der Waals surface area contributed by atoms with E-state index in [9.17, 15) is 14.0 Å². The van der Waals surface area contributed by atoms with Crippen LogP contribution < -0.4 is 10.6 Å². The smallest absolute Gasteiger partial charge is 0.258 e. The van der Waals surface area contributed by atoms with Crippen LogP contribution in [0.5, 0.6) is 0 Å². The van der Waals surface area contributed by atoms with Crippen molar-refractivity contribution in [1.82, 2.24) is 4.98 Å². The van der Waals surface area contributed by atoms with Gasteiger partial charge in [0.15, 0.2) is 0 Å². The fourth-order valence-corrected chi connectivity index (χ4v) is 3.56. The Balaban J connectivity index is 1.68. The summed E-state index contributed by atoms with van der Waals surface area (Å²) >= 11 is 1.40. The Hall–Kier alpha value is -3.23. The van der Waals surface area contributed by atoms with Crippen LogP contribution in [0.25, 0.3) is 0 Å². The molecule has 0 spiro atoms. The van der Waals surface area contributed by atoms with Crippen molar-refractivity contribution >= 4 is 35.0 Å². The van der Waals surface area contributed by atoms with Crippen molar-refractivity contribution in [3.05, 3.63) is 83.8 Å². The number of pyridine rings is 1. The molecule has 0 atom stereocenters. The van der Waals surface area contributed by atoms with Gasteiger partial charge < -0.3 is 15.4 Å². The number of hydrogen-bond acceptors (Lipinski definition) is 5. The number of hydrogen-bond donors (Lipinski definition) is 2. The van der Waals surface area contributed by atoms with E-state index in [4.69, 9.17) is 4.74 Å². The van der Waals surface area contributed by atoms with Crippen LogP contribution in [0.15, 0.2) is 71.9 Å². The first-order chi connectivity index (χ1) is 14.5. The molecule has 154 valence electrons. The number of anilines is 2. The number of halogens is 1. The highest BCUT2D eigenvalue weighted by atomic mass is 32.2. The van der Waals surface area contributed by atoms with E-state index in [1.807, 2.05) is 0 Å². The Kier molecular flexibility index (Phi) is 7.53. The highest BCUT2D eigenvalue weighted by Gasteiger charge is 2.14. The summed E-state index contributed by atoms with van der Waals surface area (Å²) in [4.78, 5) is 28.8. The maximum Gasteiger partial charge on any atom is 0.258 e. The van der Waals surface area contributed by atoms with E-state index in [0.717, 1.165) is 5.56 Å². The Morgan fingerprint density at radius 2 is 1.77 bits per heavy atom. The zero-order chi connectivity index (χ0) is 21.3. The van der Waals surface area contributed by atoms with Gasteiger partial charge >= 0.3 is 0 Å². The molecule has 8 heteroatoms. The second-order valence-corrected chi connectivity index (χ2v) is 7.25. The quantitative estimate of drug-likeness (QED) is 0.525. The van der Waals surface area contributed by atoms with Gasteiger partial charge in [-0.25, -0.2) is 9.37 Å². The van der Waals surface area contributed by atoms with Crippen molar-refractivity contribution in [3.63, 3.8) is 0 Å². The zero-order valence-corrected chi connectivity index (χ0v) is 17.0. The molecule has 1 aromatic heterocycles. The first-order valence-corrected chi connectivity index (χ1v) is 10.1. The zero-order valence-electron chi connectivity index (χ0n) is 16.2. The molecule has 0 aliphatic rings. The standard InChI is InChI=1S/C22H20FN3O3S/c1-29-13-20(27)25-17-4-2-5-18(12-17)26-21(28)19-6-3-11-24-22(19)30-14-15-7-9-16(23)10-8-15/h2-12H,13-14H2,1H3,(H,25,27)(H,26,28). The van der Waals surface area contributed by atoms with Crippen LogP contribution in [0.4, 0.5) is 15.8 Å². The van der Waals surface area contributed by atoms with Gasteiger partial charge in [-0.3, -0.25) is 9.59 Å². The first-order valence-electron chi connectivity index (χ1n) is 9.07. The molecule has 0 bridgehead atoms. The summed E-state index contributed by atoms with van der Waals surface area (Å²) in [7, 11) is 1.44. The van der Waals surface area contributed by atoms with Crippen molar-refractivity contribution in [2.45, 2.75) is 10.8 Å². The van der Waals surface area contributed by atoms with Crippen LogP contribution >= 0.6 is 11.8 Å². The van der Waals surface area contributed by atoms with Crippen LogP contribution in [-0.2, 0) is 15.3 Å². The second-order valence-electron chi connectivity index (χ2n) is 6.29. The van der Waals surface area contributed by atoms with Crippen molar-refractivity contribution in [2.75, 3.05) is 24.4 Å². The fourth-order valence-electron chi connectivity index (χ4n) is 2.61. The highest BCUT2D eigenvalue weighted by molar-refractivity contribution is 7.98. The summed E-state index contributed by atoms with van der Waals surface area (Å²) in [6.45, 7) is -0.0547. The van der Waals surface area contributed by atoms with Crippen LogP contribution in [-0.4, -0.2) is 30.5 Å². The number of thioether (sulfide) groups is 1. The monoisotopic (exact) mass is 425 g/mol. The van der Waals surface area contributed by atoms with Gasteiger partial charge in [-0.1, -0.05) is 18.2 Å². The number of nitrogens with zero attached hydrogens (tertiary/aromatic N) is 1. The van der Waals surface area contributed by atoms with Gasteiger partial charge in [-0.15, -0.1) is 11.8 Å². The summed E-state index contributed by atoms with van der Waals surface area (Å²) in [5.74, 6) is -0.335. The number of carbonyl (C=O) groups excluding carboxylic acids is 2. The molecule has 0 fully saturated rings. The third-order valence-electron chi connectivity index (χ3n) is 3.98. The average Bonchev–Trinajstić information content (AvgIpc) is 2.74. The molecule has 3 rings (SSSR count). The van der Waals surface area contributed by atoms with Gasteiger partial charge in [0.1, 0.15) is 17.5 Å². The summed E-state index contributed by atoms with van der Waals surface area (Å²) in [6, 6.07) is 16.4. The number of methoxy groups -OCH3 is 1. The van der Waals surface area contributed by atoms with Gasteiger partial charge in [0.25, 0.3) is 5.91 Å². The number of rotatable bonds is 8. The minimum Gasteiger partial charge on any atom is -0.375 e. The third-order valence-corrected chi connectivity index (χ3v) is 5.06. The molecule has 0 saturated heterocycles. The maximum atomic E-state index is 13.1. The minimum absolute atomic E-state index is 0.0547. The topological polar surface area (TPSA) is 80.3 Å². The van der Waals surface area contributed by atoms with Crippen molar-refractivity contribution < 1.29 is 18.7 Å². The molecule has 2 aromatic carbocycles. The molecular weight excluding hydrogens is 405 g/mol.